The molecule has 0 unspecified atom stereocenters. The van der Waals surface area contributed by atoms with Crippen LogP contribution in [0.2, 0.25) is 0 Å². The van der Waals surface area contributed by atoms with Crippen LogP contribution < -0.4 is 14.7 Å². The first-order valence-corrected chi connectivity index (χ1v) is 48.5. The van der Waals surface area contributed by atoms with Gasteiger partial charge in [-0.25, -0.2) is 0 Å². The van der Waals surface area contributed by atoms with Crippen LogP contribution >= 0.6 is 22.7 Å². The summed E-state index contributed by atoms with van der Waals surface area (Å²) in [5.41, 5.74) is 35.6. The van der Waals surface area contributed by atoms with Crippen LogP contribution in [-0.2, 0) is 0 Å². The van der Waals surface area contributed by atoms with Gasteiger partial charge >= 0.3 is 0 Å². The number of hydrogen-bond donors (Lipinski definition) is 0. The number of anilines is 9. The topological polar surface area (TPSA) is 37.7 Å². The molecule has 638 valence electrons. The van der Waals surface area contributed by atoms with Crippen molar-refractivity contribution in [3.8, 4) is 72.7 Å². The molecule has 0 N–H and O–H groups in total. The van der Waals surface area contributed by atoms with Gasteiger partial charge in [0, 0.05) is 84.4 Å². The molecule has 0 saturated heterocycles. The lowest BCUT2D eigenvalue weighted by molar-refractivity contribution is 0.669. The highest BCUT2D eigenvalue weighted by atomic mass is 32.1. The summed E-state index contributed by atoms with van der Waals surface area (Å²) in [5.74, 6) is 0. The molecule has 137 heavy (non-hydrogen) atoms. The summed E-state index contributed by atoms with van der Waals surface area (Å²) in [6.07, 6.45) is 0. The van der Waals surface area contributed by atoms with Crippen molar-refractivity contribution in [3.63, 3.8) is 0 Å². The van der Waals surface area contributed by atoms with E-state index < -0.39 is 0 Å². The molecule has 0 bridgehead atoms. The van der Waals surface area contributed by atoms with Gasteiger partial charge in [-0.2, -0.15) is 0 Å². The van der Waals surface area contributed by atoms with Gasteiger partial charge in [0.15, 0.2) is 5.58 Å². The molecule has 0 aliphatic carbocycles. The Kier molecular flexibility index (Phi) is 17.1. The highest BCUT2D eigenvalue weighted by Crippen LogP contribution is 2.57. The van der Waals surface area contributed by atoms with E-state index in [0.29, 0.717) is 0 Å². The molecule has 0 fully saturated rings. The fraction of sp³-hybridized carbons (Fsp3) is 0. The number of hydrogen-bond acceptors (Lipinski definition) is 6. The molecular formula is C128H78N6OS2. The summed E-state index contributed by atoms with van der Waals surface area (Å²) >= 11 is 3.77. The zero-order valence-corrected chi connectivity index (χ0v) is 75.6. The van der Waals surface area contributed by atoms with E-state index in [1.54, 1.807) is 0 Å². The number of fused-ring (bicyclic) bond motifs is 26. The smallest absolute Gasteiger partial charge is 0.159 e. The first kappa shape index (κ1) is 77.0. The van der Waals surface area contributed by atoms with E-state index in [4.69, 9.17) is 4.42 Å². The zero-order valence-electron chi connectivity index (χ0n) is 73.9. The quantitative estimate of drug-likeness (QED) is 0.152. The highest BCUT2D eigenvalue weighted by molar-refractivity contribution is 7.26. The van der Waals surface area contributed by atoms with Crippen LogP contribution in [0.4, 0.5) is 51.2 Å². The summed E-state index contributed by atoms with van der Waals surface area (Å²) in [4.78, 5) is 7.27. The molecule has 6 aromatic heterocycles. The number of benzene rings is 22. The van der Waals surface area contributed by atoms with E-state index >= 15 is 0 Å². The van der Waals surface area contributed by atoms with Crippen molar-refractivity contribution in [1.82, 2.24) is 13.7 Å². The average Bonchev–Trinajstić information content (AvgIpc) is 1.57. The van der Waals surface area contributed by atoms with E-state index in [9.17, 15) is 0 Å². The van der Waals surface area contributed by atoms with E-state index in [1.165, 1.54) is 228 Å². The van der Waals surface area contributed by atoms with Gasteiger partial charge in [0.2, 0.25) is 0 Å². The Bertz CT molecular complexity index is 9540. The molecule has 3 aliphatic rings. The Hall–Kier alpha value is -17.6. The van der Waals surface area contributed by atoms with Gasteiger partial charge < -0.3 is 32.8 Å². The summed E-state index contributed by atoms with van der Waals surface area (Å²) in [6, 6.07) is 172. The van der Waals surface area contributed by atoms with Gasteiger partial charge in [0.1, 0.15) is 5.58 Å². The van der Waals surface area contributed by atoms with Crippen LogP contribution in [0.15, 0.2) is 478 Å². The Balaban J connectivity index is 0.000000100. The molecular weight excluding hydrogens is 1700 g/mol. The number of nitrogens with zero attached hydrogens (tertiary/aromatic N) is 6. The normalized spacial score (nSPS) is 12.5. The molecule has 9 heteroatoms. The largest absolute Gasteiger partial charge is 0.454 e. The Morgan fingerprint density at radius 1 is 0.175 bits per heavy atom. The SMILES string of the molecule is c1cc(-c2ccc3c(c2)c2cccc4c2n3-c2ccccc2N4c2cccc3c2oc2ccccc23)cc(-c2cccc3ccccc23)c1.c1cc(-c2ccc3c(c2)c2cccc4c2n3-c2ccccc2N4c2cccc3c2sc2ccccc23)cc(-c2cccc3ccccc23)c1.c1ccc(N2c3ccccc3-n3c4ccc(-c5cccc6c5sc5ccccc56)cc4c4cccc2c43)cc1. The summed E-state index contributed by atoms with van der Waals surface area (Å²) in [6.45, 7) is 0. The standard InChI is InChI=1S/C46H28N2O.C46H28N2S.C36H22N2S/c2*1-2-15-33-29(11-1)12-8-17-34(33)32-14-7-13-30(27-32)31-25-26-39-38(28-31)36-18-9-22-42-45(36)48(39)41-21-5-4-20-40(41)47(42)43-23-10-19-37-35-16-3-6-24-44(35)49-46(37)43;1-2-10-24(11-3-1)37-31-16-5-6-17-32(31)38-30-21-20-23(22-29(30)27-14-9-18-33(37)35(27)38)25-13-8-15-28-26-12-4-7-19-34(26)39-36(25)28/h2*1-28H;1-22H. The first-order chi connectivity index (χ1) is 68.0. The third-order valence-electron chi connectivity index (χ3n) is 28.7. The van der Waals surface area contributed by atoms with Crippen molar-refractivity contribution in [2.75, 3.05) is 14.7 Å². The number of thiophene rings is 2. The predicted molar refractivity (Wildman–Crippen MR) is 582 cm³/mol. The molecule has 0 amide bonds. The number of para-hydroxylation sites is 12. The Morgan fingerprint density at radius 2 is 0.504 bits per heavy atom. The fourth-order valence-corrected chi connectivity index (χ4v) is 25.2. The van der Waals surface area contributed by atoms with Crippen LogP contribution in [0.25, 0.3) is 222 Å². The fourth-order valence-electron chi connectivity index (χ4n) is 22.7. The second kappa shape index (κ2) is 30.5. The molecule has 0 spiro atoms. The minimum Gasteiger partial charge on any atom is -0.454 e. The lowest BCUT2D eigenvalue weighted by atomic mass is 9.95. The van der Waals surface area contributed by atoms with Crippen LogP contribution in [0.1, 0.15) is 0 Å². The minimum atomic E-state index is 0.897. The second-order valence-electron chi connectivity index (χ2n) is 36.0. The van der Waals surface area contributed by atoms with Crippen molar-refractivity contribution in [3.05, 3.63) is 473 Å². The molecule has 31 rings (SSSR count). The first-order valence-electron chi connectivity index (χ1n) is 46.8. The molecule has 0 radical (unpaired) electrons. The highest BCUT2D eigenvalue weighted by Gasteiger charge is 2.35. The third-order valence-corrected chi connectivity index (χ3v) is 31.1. The van der Waals surface area contributed by atoms with Crippen molar-refractivity contribution >= 4 is 223 Å². The van der Waals surface area contributed by atoms with Crippen LogP contribution in [-0.4, -0.2) is 13.7 Å². The van der Waals surface area contributed by atoms with E-state index in [1.807, 2.05) is 28.7 Å². The van der Waals surface area contributed by atoms with Crippen molar-refractivity contribution in [2.24, 2.45) is 0 Å². The summed E-state index contributed by atoms with van der Waals surface area (Å²) in [5, 5.41) is 20.2. The maximum absolute atomic E-state index is 6.58. The van der Waals surface area contributed by atoms with E-state index in [2.05, 4.69) is 496 Å². The lowest BCUT2D eigenvalue weighted by Gasteiger charge is -2.33. The number of furan rings is 1. The third kappa shape index (κ3) is 11.8. The monoisotopic (exact) mass is 1780 g/mol. The summed E-state index contributed by atoms with van der Waals surface area (Å²) < 4.78 is 19.3. The van der Waals surface area contributed by atoms with Crippen molar-refractivity contribution in [2.45, 2.75) is 0 Å². The molecule has 22 aromatic carbocycles. The number of aromatic nitrogens is 3. The molecule has 0 saturated carbocycles. The van der Waals surface area contributed by atoms with E-state index in [-0.39, 0.29) is 0 Å². The van der Waals surface area contributed by atoms with E-state index in [0.717, 1.165) is 44.7 Å². The zero-order chi connectivity index (χ0) is 89.6. The van der Waals surface area contributed by atoms with Gasteiger partial charge in [0.05, 0.1) is 100 Å². The maximum atomic E-state index is 6.58. The molecule has 9 heterocycles. The van der Waals surface area contributed by atoms with Crippen molar-refractivity contribution in [1.29, 1.82) is 0 Å². The molecule has 3 aliphatic heterocycles. The Labute approximate surface area is 795 Å². The van der Waals surface area contributed by atoms with Gasteiger partial charge in [-0.15, -0.1) is 22.7 Å². The Morgan fingerprint density at radius 3 is 1.04 bits per heavy atom. The lowest BCUT2D eigenvalue weighted by Crippen LogP contribution is -2.18. The molecule has 7 nitrogen and oxygen atoms in total. The average molecular weight is 1780 g/mol. The minimum absolute atomic E-state index is 0.897. The molecule has 28 aromatic rings. The van der Waals surface area contributed by atoms with Crippen LogP contribution in [0, 0.1) is 0 Å². The van der Waals surface area contributed by atoms with Gasteiger partial charge in [0.25, 0.3) is 0 Å². The maximum Gasteiger partial charge on any atom is 0.159 e. The van der Waals surface area contributed by atoms with Crippen LogP contribution in [0.3, 0.4) is 0 Å². The summed E-state index contributed by atoms with van der Waals surface area (Å²) in [7, 11) is 0. The molecule has 0 atom stereocenters. The van der Waals surface area contributed by atoms with Crippen molar-refractivity contribution < 1.29 is 4.42 Å². The van der Waals surface area contributed by atoms with Gasteiger partial charge in [-0.1, -0.05) is 328 Å². The number of rotatable bonds is 8. The second-order valence-corrected chi connectivity index (χ2v) is 38.1. The van der Waals surface area contributed by atoms with Gasteiger partial charge in [-0.3, -0.25) is 0 Å². The van der Waals surface area contributed by atoms with Gasteiger partial charge in [-0.05, 0) is 223 Å². The van der Waals surface area contributed by atoms with Crippen LogP contribution in [0.5, 0.6) is 0 Å². The predicted octanol–water partition coefficient (Wildman–Crippen LogP) is 37.0.